The van der Waals surface area contributed by atoms with Crippen molar-refractivity contribution in [3.05, 3.63) is 52.8 Å². The van der Waals surface area contributed by atoms with Crippen LogP contribution in [0.4, 0.5) is 0 Å². The van der Waals surface area contributed by atoms with Crippen molar-refractivity contribution < 1.29 is 8.42 Å². The van der Waals surface area contributed by atoms with Crippen LogP contribution in [0, 0.1) is 0 Å². The van der Waals surface area contributed by atoms with Gasteiger partial charge in [0.2, 0.25) is 0 Å². The van der Waals surface area contributed by atoms with Crippen LogP contribution in [0.1, 0.15) is 12.1 Å². The first-order chi connectivity index (χ1) is 12.3. The van der Waals surface area contributed by atoms with E-state index in [1.165, 1.54) is 0 Å². The van der Waals surface area contributed by atoms with Crippen LogP contribution < -0.4 is 5.32 Å². The number of benzene rings is 1. The van der Waals surface area contributed by atoms with Gasteiger partial charge < -0.3 is 14.8 Å². The number of sulfone groups is 1. The second-order valence-electron chi connectivity index (χ2n) is 6.08. The molecule has 2 aromatic rings. The van der Waals surface area contributed by atoms with Gasteiger partial charge in [-0.25, -0.2) is 8.42 Å². The van der Waals surface area contributed by atoms with Crippen LogP contribution in [0.15, 0.2) is 57.0 Å². The molecule has 142 valence electrons. The highest BCUT2D eigenvalue weighted by atomic mass is 79.9. The molecule has 6 nitrogen and oxygen atoms in total. The van der Waals surface area contributed by atoms with E-state index >= 15 is 0 Å². The number of nitrogens with one attached hydrogen (secondary N) is 1. The van der Waals surface area contributed by atoms with Gasteiger partial charge in [-0.15, -0.1) is 0 Å². The molecule has 1 aromatic heterocycles. The van der Waals surface area contributed by atoms with E-state index in [-0.39, 0.29) is 5.75 Å². The number of rotatable bonds is 7. The van der Waals surface area contributed by atoms with Gasteiger partial charge in [0.1, 0.15) is 0 Å². The molecule has 1 heterocycles. The van der Waals surface area contributed by atoms with E-state index in [0.29, 0.717) is 24.4 Å². The molecule has 0 aliphatic rings. The van der Waals surface area contributed by atoms with Crippen LogP contribution in [0.5, 0.6) is 0 Å². The highest BCUT2D eigenvalue weighted by Gasteiger charge is 2.14. The Morgan fingerprint density at radius 2 is 2.00 bits per heavy atom. The largest absolute Gasteiger partial charge is 0.356 e. The van der Waals surface area contributed by atoms with Crippen LogP contribution >= 0.6 is 15.9 Å². The van der Waals surface area contributed by atoms with E-state index in [1.807, 2.05) is 31.3 Å². The Morgan fingerprint density at radius 3 is 2.58 bits per heavy atom. The van der Waals surface area contributed by atoms with Crippen molar-refractivity contribution in [3.8, 4) is 0 Å². The summed E-state index contributed by atoms with van der Waals surface area (Å²) in [5.41, 5.74) is 1.15. The lowest BCUT2D eigenvalue weighted by Crippen LogP contribution is -2.39. The van der Waals surface area contributed by atoms with Crippen molar-refractivity contribution >= 4 is 31.7 Å². The van der Waals surface area contributed by atoms with E-state index in [4.69, 9.17) is 0 Å². The molecule has 0 aliphatic carbocycles. The van der Waals surface area contributed by atoms with Gasteiger partial charge in [0.15, 0.2) is 15.8 Å². The van der Waals surface area contributed by atoms with Crippen molar-refractivity contribution in [1.82, 2.24) is 14.8 Å². The van der Waals surface area contributed by atoms with Crippen LogP contribution in [-0.4, -0.2) is 50.2 Å². The first-order valence-corrected chi connectivity index (χ1v) is 10.8. The molecule has 0 saturated heterocycles. The third kappa shape index (κ3) is 5.60. The molecule has 0 amide bonds. The monoisotopic (exact) mass is 440 g/mol. The second-order valence-corrected chi connectivity index (χ2v) is 9.10. The van der Waals surface area contributed by atoms with Gasteiger partial charge in [0, 0.05) is 44.1 Å². The summed E-state index contributed by atoms with van der Waals surface area (Å²) in [5, 5.41) is 3.23. The minimum atomic E-state index is -3.24. The standard InChI is InChI=1S/C18H25BrN4O2S/c1-20-18(23(3)14-16-12-15(19)13-22(16)2)21-10-7-11-26(24,25)17-8-5-4-6-9-17/h4-6,8-9,12-13H,7,10-11,14H2,1-3H3,(H,20,21). The average Bonchev–Trinajstić information content (AvgIpc) is 2.92. The van der Waals surface area contributed by atoms with Gasteiger partial charge >= 0.3 is 0 Å². The number of guanidine groups is 1. The third-order valence-electron chi connectivity index (χ3n) is 4.02. The predicted molar refractivity (Wildman–Crippen MR) is 109 cm³/mol. The fourth-order valence-corrected chi connectivity index (χ4v) is 4.54. The lowest BCUT2D eigenvalue weighted by Gasteiger charge is -2.22. The molecular weight excluding hydrogens is 416 g/mol. The van der Waals surface area contributed by atoms with Gasteiger partial charge in [-0.3, -0.25) is 4.99 Å². The van der Waals surface area contributed by atoms with Crippen LogP contribution in [0.2, 0.25) is 0 Å². The molecule has 0 unspecified atom stereocenters. The minimum Gasteiger partial charge on any atom is -0.356 e. The zero-order valence-corrected chi connectivity index (χ0v) is 17.7. The topological polar surface area (TPSA) is 66.7 Å². The molecule has 0 radical (unpaired) electrons. The van der Waals surface area contributed by atoms with Crippen LogP contribution in [-0.2, 0) is 23.4 Å². The maximum Gasteiger partial charge on any atom is 0.193 e. The fourth-order valence-electron chi connectivity index (χ4n) is 2.63. The molecule has 1 N–H and O–H groups in total. The van der Waals surface area contributed by atoms with E-state index in [0.717, 1.165) is 16.1 Å². The summed E-state index contributed by atoms with van der Waals surface area (Å²) >= 11 is 3.47. The van der Waals surface area contributed by atoms with Crippen molar-refractivity contribution in [2.45, 2.75) is 17.9 Å². The predicted octanol–water partition coefficient (Wildman–Crippen LogP) is 2.66. The second kappa shape index (κ2) is 9.23. The summed E-state index contributed by atoms with van der Waals surface area (Å²) in [7, 11) is 2.44. The summed E-state index contributed by atoms with van der Waals surface area (Å²) in [6.07, 6.45) is 2.52. The number of hydrogen-bond acceptors (Lipinski definition) is 3. The SMILES string of the molecule is CN=C(NCCCS(=O)(=O)c1ccccc1)N(C)Cc1cc(Br)cn1C. The molecular formula is C18H25BrN4O2S. The van der Waals surface area contributed by atoms with Gasteiger partial charge in [-0.2, -0.15) is 0 Å². The summed E-state index contributed by atoms with van der Waals surface area (Å²) < 4.78 is 27.7. The molecule has 0 aliphatic heterocycles. The van der Waals surface area contributed by atoms with Crippen molar-refractivity contribution in [3.63, 3.8) is 0 Å². The van der Waals surface area contributed by atoms with Gasteiger partial charge in [-0.1, -0.05) is 18.2 Å². The zero-order chi connectivity index (χ0) is 19.2. The maximum atomic E-state index is 12.3. The molecule has 26 heavy (non-hydrogen) atoms. The number of aliphatic imine (C=N–C) groups is 1. The maximum absolute atomic E-state index is 12.3. The van der Waals surface area contributed by atoms with E-state index in [2.05, 4.69) is 36.9 Å². The Morgan fingerprint density at radius 1 is 1.31 bits per heavy atom. The van der Waals surface area contributed by atoms with E-state index < -0.39 is 9.84 Å². The van der Waals surface area contributed by atoms with Crippen molar-refractivity contribution in [2.75, 3.05) is 26.4 Å². The Balaban J connectivity index is 1.84. The molecule has 8 heteroatoms. The Hall–Kier alpha value is -1.80. The zero-order valence-electron chi connectivity index (χ0n) is 15.3. The minimum absolute atomic E-state index is 0.107. The summed E-state index contributed by atoms with van der Waals surface area (Å²) in [6.45, 7) is 1.24. The number of aryl methyl sites for hydroxylation is 1. The Bertz CT molecular complexity index is 847. The lowest BCUT2D eigenvalue weighted by atomic mass is 10.4. The van der Waals surface area contributed by atoms with Crippen molar-refractivity contribution in [2.24, 2.45) is 12.0 Å². The highest BCUT2D eigenvalue weighted by molar-refractivity contribution is 9.10. The number of nitrogens with zero attached hydrogens (tertiary/aromatic N) is 3. The fraction of sp³-hybridized carbons (Fsp3) is 0.389. The van der Waals surface area contributed by atoms with Gasteiger partial charge in [0.05, 0.1) is 17.2 Å². The lowest BCUT2D eigenvalue weighted by molar-refractivity contribution is 0.462. The average molecular weight is 441 g/mol. The van der Waals surface area contributed by atoms with Gasteiger partial charge in [-0.05, 0) is 40.5 Å². The number of aromatic nitrogens is 1. The number of halogens is 1. The molecule has 1 aromatic carbocycles. The summed E-state index contributed by atoms with van der Waals surface area (Å²) in [4.78, 5) is 6.65. The smallest absolute Gasteiger partial charge is 0.193 e. The highest BCUT2D eigenvalue weighted by Crippen LogP contribution is 2.15. The van der Waals surface area contributed by atoms with Crippen LogP contribution in [0.3, 0.4) is 0 Å². The molecule has 0 atom stereocenters. The third-order valence-corrected chi connectivity index (χ3v) is 6.27. The quantitative estimate of drug-likeness (QED) is 0.408. The Labute approximate surface area is 164 Å². The first-order valence-electron chi connectivity index (χ1n) is 8.34. The van der Waals surface area contributed by atoms with Crippen molar-refractivity contribution in [1.29, 1.82) is 0 Å². The van der Waals surface area contributed by atoms with Gasteiger partial charge in [0.25, 0.3) is 0 Å². The molecule has 2 rings (SSSR count). The molecule has 0 saturated carbocycles. The normalized spacial score (nSPS) is 12.2. The molecule has 0 fully saturated rings. The van der Waals surface area contributed by atoms with Crippen LogP contribution in [0.25, 0.3) is 0 Å². The number of hydrogen-bond donors (Lipinski definition) is 1. The summed E-state index contributed by atoms with van der Waals surface area (Å²) in [6, 6.07) is 10.6. The molecule has 0 bridgehead atoms. The Kier molecular flexibility index (Phi) is 7.28. The van der Waals surface area contributed by atoms with E-state index in [9.17, 15) is 8.42 Å². The first kappa shape index (κ1) is 20.5. The molecule has 0 spiro atoms. The van der Waals surface area contributed by atoms with E-state index in [1.54, 1.807) is 31.3 Å². The summed E-state index contributed by atoms with van der Waals surface area (Å²) in [5.74, 6) is 0.842.